The minimum absolute atomic E-state index is 0.00633. The van der Waals surface area contributed by atoms with Crippen molar-refractivity contribution in [2.45, 2.75) is 24.7 Å². The summed E-state index contributed by atoms with van der Waals surface area (Å²) in [6, 6.07) is 7.82. The van der Waals surface area contributed by atoms with E-state index in [0.29, 0.717) is 13.0 Å². The molecule has 0 saturated carbocycles. The zero-order chi connectivity index (χ0) is 25.3. The number of carbonyl (C=O) groups excluding carboxylic acids is 3. The summed E-state index contributed by atoms with van der Waals surface area (Å²) in [7, 11) is -1.35. The molecule has 184 valence electrons. The molecule has 0 fully saturated rings. The van der Waals surface area contributed by atoms with E-state index < -0.39 is 34.5 Å². The van der Waals surface area contributed by atoms with Crippen molar-refractivity contribution >= 4 is 45.2 Å². The number of unbranched alkanes of at least 4 members (excludes halogenated alkanes) is 1. The number of benzene rings is 2. The van der Waals surface area contributed by atoms with E-state index in [1.807, 2.05) is 6.92 Å². The van der Waals surface area contributed by atoms with Crippen LogP contribution in [0, 0.1) is 0 Å². The van der Waals surface area contributed by atoms with Crippen LogP contribution in [0.4, 0.5) is 5.69 Å². The molecule has 0 spiro atoms. The van der Waals surface area contributed by atoms with Gasteiger partial charge in [-0.3, -0.25) is 4.79 Å². The van der Waals surface area contributed by atoms with E-state index in [-0.39, 0.29) is 32.5 Å². The van der Waals surface area contributed by atoms with E-state index in [2.05, 4.69) is 19.5 Å². The van der Waals surface area contributed by atoms with Crippen LogP contribution in [0.2, 0.25) is 5.02 Å². The predicted octanol–water partition coefficient (Wildman–Crippen LogP) is 3.01. The molecule has 2 rings (SSSR count). The van der Waals surface area contributed by atoms with Gasteiger partial charge in [-0.15, -0.1) is 0 Å². The van der Waals surface area contributed by atoms with Crippen LogP contribution in [0.1, 0.15) is 40.5 Å². The SMILES string of the molecule is CCCCNS(=O)(=O)c1ccc(OCC(=O)Nc2cc(C(=O)OC)cc(C(=O)OC)c2)c(Cl)c1. The smallest absolute Gasteiger partial charge is 0.337 e. The number of amides is 1. The molecule has 2 N–H and O–H groups in total. The van der Waals surface area contributed by atoms with Gasteiger partial charge >= 0.3 is 11.9 Å². The van der Waals surface area contributed by atoms with Crippen molar-refractivity contribution in [2.75, 3.05) is 32.7 Å². The van der Waals surface area contributed by atoms with Crippen LogP contribution in [0.15, 0.2) is 41.3 Å². The zero-order valence-electron chi connectivity index (χ0n) is 18.8. The van der Waals surface area contributed by atoms with Gasteiger partial charge in [-0.25, -0.2) is 22.7 Å². The first-order valence-electron chi connectivity index (χ1n) is 10.1. The van der Waals surface area contributed by atoms with Crippen LogP contribution in [0.5, 0.6) is 5.75 Å². The van der Waals surface area contributed by atoms with Crippen LogP contribution in [0.3, 0.4) is 0 Å². The second kappa shape index (κ2) is 12.4. The highest BCUT2D eigenvalue weighted by molar-refractivity contribution is 7.89. The average Bonchev–Trinajstić information content (AvgIpc) is 2.81. The number of ether oxygens (including phenoxy) is 3. The summed E-state index contributed by atoms with van der Waals surface area (Å²) in [4.78, 5) is 36.0. The molecule has 0 aliphatic rings. The van der Waals surface area contributed by atoms with Gasteiger partial charge < -0.3 is 19.5 Å². The van der Waals surface area contributed by atoms with Crippen molar-refractivity contribution in [3.05, 3.63) is 52.5 Å². The highest BCUT2D eigenvalue weighted by Crippen LogP contribution is 2.27. The van der Waals surface area contributed by atoms with Gasteiger partial charge in [-0.2, -0.15) is 0 Å². The summed E-state index contributed by atoms with van der Waals surface area (Å²) < 4.78 is 41.8. The molecule has 10 nitrogen and oxygen atoms in total. The Morgan fingerprint density at radius 3 is 2.12 bits per heavy atom. The van der Waals surface area contributed by atoms with Gasteiger partial charge in [0.2, 0.25) is 10.0 Å². The standard InChI is InChI=1S/C22H25ClN2O8S/c1-4-5-8-24-34(29,30)17-6-7-19(18(23)12-17)33-13-20(26)25-16-10-14(21(27)31-2)9-15(11-16)22(28)32-3/h6-7,9-12,24H,4-5,8,13H2,1-3H3,(H,25,26). The molecule has 0 bridgehead atoms. The Balaban J connectivity index is 2.09. The number of nitrogens with one attached hydrogen (secondary N) is 2. The predicted molar refractivity (Wildman–Crippen MR) is 125 cm³/mol. The maximum atomic E-state index is 12.4. The summed E-state index contributed by atoms with van der Waals surface area (Å²) in [6.07, 6.45) is 1.54. The number of halogens is 1. The summed E-state index contributed by atoms with van der Waals surface area (Å²) >= 11 is 6.13. The fourth-order valence-electron chi connectivity index (χ4n) is 2.74. The molecular formula is C22H25ClN2O8S. The number of sulfonamides is 1. The third-order valence-electron chi connectivity index (χ3n) is 4.45. The van der Waals surface area contributed by atoms with Gasteiger partial charge in [0.25, 0.3) is 5.91 Å². The molecule has 0 saturated heterocycles. The highest BCUT2D eigenvalue weighted by Gasteiger charge is 2.17. The Hall–Kier alpha value is -3.15. The lowest BCUT2D eigenvalue weighted by atomic mass is 10.1. The third kappa shape index (κ3) is 7.44. The van der Waals surface area contributed by atoms with Crippen LogP contribution in [0.25, 0.3) is 0 Å². The molecule has 2 aromatic carbocycles. The number of hydrogen-bond acceptors (Lipinski definition) is 8. The first kappa shape index (κ1) is 27.1. The average molecular weight is 513 g/mol. The van der Waals surface area contributed by atoms with Crippen LogP contribution >= 0.6 is 11.6 Å². The third-order valence-corrected chi connectivity index (χ3v) is 6.21. The molecule has 0 aliphatic carbocycles. The lowest BCUT2D eigenvalue weighted by Crippen LogP contribution is -2.24. The Morgan fingerprint density at radius 1 is 0.971 bits per heavy atom. The summed E-state index contributed by atoms with van der Waals surface area (Å²) in [6.45, 7) is 1.78. The van der Waals surface area contributed by atoms with E-state index in [9.17, 15) is 22.8 Å². The highest BCUT2D eigenvalue weighted by atomic mass is 35.5. The normalized spacial score (nSPS) is 10.9. The molecule has 2 aromatic rings. The molecule has 1 amide bonds. The molecule has 0 unspecified atom stereocenters. The van der Waals surface area contributed by atoms with Crippen LogP contribution in [-0.4, -0.2) is 53.6 Å². The summed E-state index contributed by atoms with van der Waals surface area (Å²) in [5, 5.41) is 2.51. The first-order chi connectivity index (χ1) is 16.1. The van der Waals surface area contributed by atoms with E-state index in [4.69, 9.17) is 16.3 Å². The van der Waals surface area contributed by atoms with Gasteiger partial charge in [0, 0.05) is 12.2 Å². The molecule has 0 radical (unpaired) electrons. The van der Waals surface area contributed by atoms with Gasteiger partial charge in [-0.05, 0) is 42.8 Å². The number of methoxy groups -OCH3 is 2. The van der Waals surface area contributed by atoms with Crippen LogP contribution < -0.4 is 14.8 Å². The van der Waals surface area contributed by atoms with Gasteiger partial charge in [0.15, 0.2) is 6.61 Å². The molecule has 0 aromatic heterocycles. The minimum atomic E-state index is -3.72. The Labute approximate surface area is 202 Å². The monoisotopic (exact) mass is 512 g/mol. The molecule has 0 atom stereocenters. The van der Waals surface area contributed by atoms with Gasteiger partial charge in [-0.1, -0.05) is 24.9 Å². The first-order valence-corrected chi connectivity index (χ1v) is 12.0. The van der Waals surface area contributed by atoms with E-state index >= 15 is 0 Å². The molecule has 0 aliphatic heterocycles. The van der Waals surface area contributed by atoms with E-state index in [1.54, 1.807) is 0 Å². The van der Waals surface area contributed by atoms with Crippen molar-refractivity contribution in [3.63, 3.8) is 0 Å². The lowest BCUT2D eigenvalue weighted by Gasteiger charge is -2.12. The van der Waals surface area contributed by atoms with Gasteiger partial charge in [0.05, 0.1) is 35.3 Å². The van der Waals surface area contributed by atoms with Crippen molar-refractivity contribution in [3.8, 4) is 5.75 Å². The summed E-state index contributed by atoms with van der Waals surface area (Å²) in [5.74, 6) is -1.93. The zero-order valence-corrected chi connectivity index (χ0v) is 20.4. The second-order valence-corrected chi connectivity index (χ2v) is 9.14. The fourth-order valence-corrected chi connectivity index (χ4v) is 4.14. The van der Waals surface area contributed by atoms with Crippen molar-refractivity contribution in [2.24, 2.45) is 0 Å². The quantitative estimate of drug-likeness (QED) is 0.346. The number of esters is 2. The maximum Gasteiger partial charge on any atom is 0.337 e. The fraction of sp³-hybridized carbons (Fsp3) is 0.318. The molecule has 12 heteroatoms. The minimum Gasteiger partial charge on any atom is -0.482 e. The number of rotatable bonds is 11. The Morgan fingerprint density at radius 2 is 1.59 bits per heavy atom. The molecular weight excluding hydrogens is 488 g/mol. The molecule has 34 heavy (non-hydrogen) atoms. The van der Waals surface area contributed by atoms with E-state index in [1.165, 1.54) is 50.6 Å². The summed E-state index contributed by atoms with van der Waals surface area (Å²) in [5.41, 5.74) is 0.214. The second-order valence-electron chi connectivity index (χ2n) is 6.96. The largest absolute Gasteiger partial charge is 0.482 e. The number of hydrogen-bond donors (Lipinski definition) is 2. The maximum absolute atomic E-state index is 12.4. The Bertz CT molecular complexity index is 1130. The van der Waals surface area contributed by atoms with Crippen molar-refractivity contribution < 1.29 is 37.0 Å². The Kier molecular flexibility index (Phi) is 9.84. The number of carbonyl (C=O) groups is 3. The lowest BCUT2D eigenvalue weighted by molar-refractivity contribution is -0.118. The topological polar surface area (TPSA) is 137 Å². The van der Waals surface area contributed by atoms with Gasteiger partial charge in [0.1, 0.15) is 5.75 Å². The number of anilines is 1. The van der Waals surface area contributed by atoms with E-state index in [0.717, 1.165) is 6.42 Å². The van der Waals surface area contributed by atoms with Crippen molar-refractivity contribution in [1.82, 2.24) is 4.72 Å². The van der Waals surface area contributed by atoms with Crippen molar-refractivity contribution in [1.29, 1.82) is 0 Å². The van der Waals surface area contributed by atoms with Crippen LogP contribution in [-0.2, 0) is 24.3 Å². The molecule has 0 heterocycles.